The Morgan fingerprint density at radius 1 is 1.25 bits per heavy atom. The minimum absolute atomic E-state index is 0.0449. The maximum Gasteiger partial charge on any atom is 0.308 e. The van der Waals surface area contributed by atoms with E-state index in [1.54, 1.807) is 12.1 Å². The maximum atomic E-state index is 11.9. The fourth-order valence-corrected chi connectivity index (χ4v) is 2.11. The minimum atomic E-state index is -0.961. The smallest absolute Gasteiger partial charge is 0.308 e. The molecule has 2 aromatic rings. The van der Waals surface area contributed by atoms with Crippen molar-refractivity contribution >= 4 is 11.9 Å². The first-order valence-corrected chi connectivity index (χ1v) is 7.66. The van der Waals surface area contributed by atoms with E-state index in [-0.39, 0.29) is 18.9 Å². The fraction of sp³-hybridized carbons (Fsp3) is 0.333. The highest BCUT2D eigenvalue weighted by molar-refractivity contribution is 5.91. The summed E-state index contributed by atoms with van der Waals surface area (Å²) in [5.74, 6) is -0.647. The van der Waals surface area contributed by atoms with Crippen LogP contribution in [-0.2, 0) is 11.4 Å². The Kier molecular flexibility index (Phi) is 5.63. The SMILES string of the molecule is Cc1ccc(OCc2ccc(C(=O)NCC(C)C(=O)O)o2)c(C)c1. The lowest BCUT2D eigenvalue weighted by molar-refractivity contribution is -0.140. The van der Waals surface area contributed by atoms with E-state index in [9.17, 15) is 9.59 Å². The quantitative estimate of drug-likeness (QED) is 0.814. The Balaban J connectivity index is 1.90. The molecular formula is C18H21NO5. The number of hydrogen-bond donors (Lipinski definition) is 2. The molecule has 2 rings (SSSR count). The summed E-state index contributed by atoms with van der Waals surface area (Å²) >= 11 is 0. The Labute approximate surface area is 140 Å². The van der Waals surface area contributed by atoms with Gasteiger partial charge in [0, 0.05) is 6.54 Å². The maximum absolute atomic E-state index is 11.9. The Hall–Kier alpha value is -2.76. The molecule has 1 aromatic heterocycles. The summed E-state index contributed by atoms with van der Waals surface area (Å²) in [4.78, 5) is 22.6. The monoisotopic (exact) mass is 331 g/mol. The summed E-state index contributed by atoms with van der Waals surface area (Å²) in [6.07, 6.45) is 0. The van der Waals surface area contributed by atoms with Crippen LogP contribution in [0.4, 0.5) is 0 Å². The number of carbonyl (C=O) groups excluding carboxylic acids is 1. The number of aryl methyl sites for hydroxylation is 2. The summed E-state index contributed by atoms with van der Waals surface area (Å²) < 4.78 is 11.1. The van der Waals surface area contributed by atoms with Crippen LogP contribution in [-0.4, -0.2) is 23.5 Å². The lowest BCUT2D eigenvalue weighted by atomic mass is 10.1. The molecule has 0 fully saturated rings. The van der Waals surface area contributed by atoms with Crippen molar-refractivity contribution in [2.75, 3.05) is 6.54 Å². The number of rotatable bonds is 7. The lowest BCUT2D eigenvalue weighted by Crippen LogP contribution is -2.31. The molecule has 2 N–H and O–H groups in total. The van der Waals surface area contributed by atoms with Crippen LogP contribution in [0.3, 0.4) is 0 Å². The van der Waals surface area contributed by atoms with Crippen molar-refractivity contribution in [2.45, 2.75) is 27.4 Å². The molecule has 1 aromatic carbocycles. The summed E-state index contributed by atoms with van der Waals surface area (Å²) in [6, 6.07) is 9.10. The van der Waals surface area contributed by atoms with Gasteiger partial charge >= 0.3 is 5.97 Å². The van der Waals surface area contributed by atoms with Crippen molar-refractivity contribution < 1.29 is 23.8 Å². The van der Waals surface area contributed by atoms with Gasteiger partial charge in [-0.25, -0.2) is 0 Å². The zero-order chi connectivity index (χ0) is 17.7. The lowest BCUT2D eigenvalue weighted by Gasteiger charge is -2.08. The van der Waals surface area contributed by atoms with E-state index in [0.717, 1.165) is 16.9 Å². The third-order valence-corrected chi connectivity index (χ3v) is 3.58. The minimum Gasteiger partial charge on any atom is -0.485 e. The standard InChI is InChI=1S/C18H21NO5/c1-11-4-6-15(12(2)8-11)23-10-14-5-7-16(24-14)17(20)19-9-13(3)18(21)22/h4-8,13H,9-10H2,1-3H3,(H,19,20)(H,21,22). The molecule has 0 aliphatic carbocycles. The van der Waals surface area contributed by atoms with E-state index in [1.807, 2.05) is 32.0 Å². The van der Waals surface area contributed by atoms with Gasteiger partial charge in [-0.15, -0.1) is 0 Å². The zero-order valence-electron chi connectivity index (χ0n) is 14.0. The van der Waals surface area contributed by atoms with Crippen LogP contribution in [0.1, 0.15) is 34.4 Å². The number of aliphatic carboxylic acids is 1. The predicted molar refractivity (Wildman–Crippen MR) is 88.1 cm³/mol. The highest BCUT2D eigenvalue weighted by Gasteiger charge is 2.15. The van der Waals surface area contributed by atoms with Crippen molar-refractivity contribution in [2.24, 2.45) is 5.92 Å². The molecule has 1 atom stereocenters. The highest BCUT2D eigenvalue weighted by atomic mass is 16.5. The molecule has 1 heterocycles. The number of ether oxygens (including phenoxy) is 1. The van der Waals surface area contributed by atoms with Gasteiger partial charge in [0.1, 0.15) is 18.1 Å². The number of amides is 1. The predicted octanol–water partition coefficient (Wildman–Crippen LogP) is 2.93. The molecule has 0 spiro atoms. The normalized spacial score (nSPS) is 11.8. The van der Waals surface area contributed by atoms with Gasteiger partial charge in [-0.1, -0.05) is 24.6 Å². The average Bonchev–Trinajstić information content (AvgIpc) is 3.00. The van der Waals surface area contributed by atoms with Crippen LogP contribution in [0, 0.1) is 19.8 Å². The average molecular weight is 331 g/mol. The fourth-order valence-electron chi connectivity index (χ4n) is 2.11. The second-order valence-corrected chi connectivity index (χ2v) is 5.77. The van der Waals surface area contributed by atoms with Gasteiger partial charge in [-0.2, -0.15) is 0 Å². The van der Waals surface area contributed by atoms with Gasteiger partial charge in [-0.3, -0.25) is 9.59 Å². The number of benzene rings is 1. The Morgan fingerprint density at radius 3 is 2.67 bits per heavy atom. The van der Waals surface area contributed by atoms with Crippen LogP contribution in [0.5, 0.6) is 5.75 Å². The van der Waals surface area contributed by atoms with E-state index in [2.05, 4.69) is 5.32 Å². The van der Waals surface area contributed by atoms with Crippen LogP contribution < -0.4 is 10.1 Å². The van der Waals surface area contributed by atoms with E-state index in [0.29, 0.717) is 5.76 Å². The molecular weight excluding hydrogens is 310 g/mol. The molecule has 128 valence electrons. The van der Waals surface area contributed by atoms with Crippen LogP contribution in [0.15, 0.2) is 34.7 Å². The number of carboxylic acids is 1. The van der Waals surface area contributed by atoms with Gasteiger partial charge in [0.05, 0.1) is 5.92 Å². The summed E-state index contributed by atoms with van der Waals surface area (Å²) in [6.45, 7) is 5.76. The van der Waals surface area contributed by atoms with Gasteiger partial charge < -0.3 is 19.6 Å². The number of nitrogens with one attached hydrogen (secondary N) is 1. The molecule has 0 aliphatic rings. The molecule has 0 bridgehead atoms. The van der Waals surface area contributed by atoms with E-state index in [4.69, 9.17) is 14.3 Å². The van der Waals surface area contributed by atoms with Crippen molar-refractivity contribution in [3.05, 3.63) is 53.0 Å². The van der Waals surface area contributed by atoms with Gasteiger partial charge in [0.2, 0.25) is 0 Å². The number of hydrogen-bond acceptors (Lipinski definition) is 4. The van der Waals surface area contributed by atoms with Gasteiger partial charge in [0.25, 0.3) is 5.91 Å². The highest BCUT2D eigenvalue weighted by Crippen LogP contribution is 2.20. The van der Waals surface area contributed by atoms with Crippen molar-refractivity contribution in [3.63, 3.8) is 0 Å². The van der Waals surface area contributed by atoms with Crippen molar-refractivity contribution in [3.8, 4) is 5.75 Å². The van der Waals surface area contributed by atoms with Crippen molar-refractivity contribution in [1.29, 1.82) is 0 Å². The Morgan fingerprint density at radius 2 is 2.00 bits per heavy atom. The van der Waals surface area contributed by atoms with Crippen LogP contribution >= 0.6 is 0 Å². The van der Waals surface area contributed by atoms with Gasteiger partial charge in [-0.05, 0) is 37.6 Å². The molecule has 0 aliphatic heterocycles. The largest absolute Gasteiger partial charge is 0.485 e. The van der Waals surface area contributed by atoms with Crippen LogP contribution in [0.25, 0.3) is 0 Å². The molecule has 0 saturated heterocycles. The Bertz CT molecular complexity index is 735. The third-order valence-electron chi connectivity index (χ3n) is 3.58. The summed E-state index contributed by atoms with van der Waals surface area (Å²) in [5, 5.41) is 11.3. The second kappa shape index (κ2) is 7.68. The second-order valence-electron chi connectivity index (χ2n) is 5.77. The summed E-state index contributed by atoms with van der Waals surface area (Å²) in [7, 11) is 0. The molecule has 0 radical (unpaired) electrons. The number of furan rings is 1. The van der Waals surface area contributed by atoms with E-state index >= 15 is 0 Å². The summed E-state index contributed by atoms with van der Waals surface area (Å²) in [5.41, 5.74) is 2.19. The molecule has 1 unspecified atom stereocenters. The number of carboxylic acid groups (broad SMARTS) is 1. The van der Waals surface area contributed by atoms with Crippen molar-refractivity contribution in [1.82, 2.24) is 5.32 Å². The molecule has 24 heavy (non-hydrogen) atoms. The number of carbonyl (C=O) groups is 2. The molecule has 6 heteroatoms. The van der Waals surface area contributed by atoms with E-state index in [1.165, 1.54) is 6.92 Å². The first-order chi connectivity index (χ1) is 11.4. The van der Waals surface area contributed by atoms with E-state index < -0.39 is 17.8 Å². The first kappa shape index (κ1) is 17.6. The van der Waals surface area contributed by atoms with Crippen LogP contribution in [0.2, 0.25) is 0 Å². The molecule has 6 nitrogen and oxygen atoms in total. The first-order valence-electron chi connectivity index (χ1n) is 7.66. The third kappa shape index (κ3) is 4.62. The van der Waals surface area contributed by atoms with Gasteiger partial charge in [0.15, 0.2) is 5.76 Å². The molecule has 0 saturated carbocycles. The topological polar surface area (TPSA) is 88.8 Å². The molecule has 1 amide bonds. The zero-order valence-corrected chi connectivity index (χ0v) is 14.0.